The number of nitrogens with zero attached hydrogens (tertiary/aromatic N) is 2. The first-order valence-electron chi connectivity index (χ1n) is 8.27. The van der Waals surface area contributed by atoms with Gasteiger partial charge in [-0.1, -0.05) is 47.6 Å². The third-order valence-corrected chi connectivity index (χ3v) is 5.06. The average Bonchev–Trinajstić information content (AvgIpc) is 2.68. The Morgan fingerprint density at radius 1 is 1.22 bits per heavy atom. The number of hydrogen-bond acceptors (Lipinski definition) is 5. The largest absolute Gasteiger partial charge is 0.383 e. The molecule has 0 atom stereocenters. The number of para-hydroxylation sites is 2. The fourth-order valence-corrected chi connectivity index (χ4v) is 3.58. The highest BCUT2D eigenvalue weighted by atomic mass is 35.5. The average molecular weight is 404 g/mol. The highest BCUT2D eigenvalue weighted by Gasteiger charge is 2.16. The van der Waals surface area contributed by atoms with E-state index < -0.39 is 0 Å². The van der Waals surface area contributed by atoms with Gasteiger partial charge in [-0.2, -0.15) is 0 Å². The molecule has 0 aliphatic heterocycles. The number of fused-ring (bicyclic) bond motifs is 1. The normalized spacial score (nSPS) is 10.9. The van der Waals surface area contributed by atoms with Gasteiger partial charge in [0.15, 0.2) is 5.16 Å². The maximum absolute atomic E-state index is 13.1. The van der Waals surface area contributed by atoms with Crippen molar-refractivity contribution in [1.29, 1.82) is 0 Å². The van der Waals surface area contributed by atoms with Gasteiger partial charge in [0.25, 0.3) is 5.56 Å². The summed E-state index contributed by atoms with van der Waals surface area (Å²) in [6.07, 6.45) is 0. The Labute approximate surface area is 165 Å². The van der Waals surface area contributed by atoms with E-state index in [9.17, 15) is 9.59 Å². The van der Waals surface area contributed by atoms with Crippen LogP contribution >= 0.6 is 23.4 Å². The second-order valence-electron chi connectivity index (χ2n) is 5.63. The number of rotatable bonds is 7. The number of hydrogen-bond donors (Lipinski definition) is 1. The lowest BCUT2D eigenvalue weighted by Gasteiger charge is -2.14. The molecule has 1 heterocycles. The Morgan fingerprint density at radius 3 is 2.74 bits per heavy atom. The van der Waals surface area contributed by atoms with Crippen molar-refractivity contribution in [2.45, 2.75) is 5.16 Å². The first-order valence-corrected chi connectivity index (χ1v) is 9.63. The highest BCUT2D eigenvalue weighted by molar-refractivity contribution is 7.99. The number of amides is 1. The number of carbonyl (C=O) groups is 1. The molecule has 140 valence electrons. The molecule has 1 amide bonds. The van der Waals surface area contributed by atoms with Crippen LogP contribution in [0.4, 0.5) is 0 Å². The Morgan fingerprint density at radius 2 is 1.96 bits per heavy atom. The van der Waals surface area contributed by atoms with Gasteiger partial charge in [-0.25, -0.2) is 4.98 Å². The van der Waals surface area contributed by atoms with E-state index in [1.54, 1.807) is 49.6 Å². The second-order valence-corrected chi connectivity index (χ2v) is 6.98. The molecular formula is C19H18ClN3O3S. The Balaban J connectivity index is 2.00. The van der Waals surface area contributed by atoms with E-state index in [0.29, 0.717) is 39.9 Å². The molecule has 27 heavy (non-hydrogen) atoms. The minimum absolute atomic E-state index is 0.124. The van der Waals surface area contributed by atoms with Crippen LogP contribution in [0.2, 0.25) is 5.02 Å². The van der Waals surface area contributed by atoms with Crippen molar-refractivity contribution in [3.05, 3.63) is 63.9 Å². The predicted octanol–water partition coefficient (Wildman–Crippen LogP) is 2.89. The fourth-order valence-electron chi connectivity index (χ4n) is 2.53. The molecule has 0 aliphatic rings. The van der Waals surface area contributed by atoms with Gasteiger partial charge < -0.3 is 10.1 Å². The molecule has 1 N–H and O–H groups in total. The van der Waals surface area contributed by atoms with Crippen LogP contribution in [0, 0.1) is 0 Å². The summed E-state index contributed by atoms with van der Waals surface area (Å²) in [4.78, 5) is 29.7. The quantitative estimate of drug-likeness (QED) is 0.373. The summed E-state index contributed by atoms with van der Waals surface area (Å²) in [5, 5.41) is 4.09. The molecule has 1 aromatic heterocycles. The second kappa shape index (κ2) is 9.03. The molecule has 2 aromatic carbocycles. The van der Waals surface area contributed by atoms with Crippen LogP contribution in [0.1, 0.15) is 0 Å². The van der Waals surface area contributed by atoms with Crippen LogP contribution in [0.5, 0.6) is 0 Å². The van der Waals surface area contributed by atoms with Gasteiger partial charge in [0.1, 0.15) is 0 Å². The lowest BCUT2D eigenvalue weighted by molar-refractivity contribution is -0.118. The Hall–Kier alpha value is -2.35. The number of thioether (sulfide) groups is 1. The summed E-state index contributed by atoms with van der Waals surface area (Å²) < 4.78 is 6.37. The van der Waals surface area contributed by atoms with Gasteiger partial charge >= 0.3 is 0 Å². The lowest BCUT2D eigenvalue weighted by Crippen LogP contribution is -2.29. The molecule has 8 heteroatoms. The fraction of sp³-hybridized carbons (Fsp3) is 0.211. The van der Waals surface area contributed by atoms with Gasteiger partial charge in [-0.15, -0.1) is 0 Å². The van der Waals surface area contributed by atoms with Crippen molar-refractivity contribution in [2.24, 2.45) is 0 Å². The van der Waals surface area contributed by atoms with Crippen molar-refractivity contribution in [2.75, 3.05) is 26.0 Å². The van der Waals surface area contributed by atoms with E-state index in [2.05, 4.69) is 10.3 Å². The van der Waals surface area contributed by atoms with Crippen LogP contribution < -0.4 is 10.9 Å². The zero-order valence-corrected chi connectivity index (χ0v) is 16.2. The minimum atomic E-state index is -0.226. The van der Waals surface area contributed by atoms with Crippen LogP contribution in [0.3, 0.4) is 0 Å². The SMILES string of the molecule is COCCNC(=O)CSc1nc2ccccc2c(=O)n1-c1ccccc1Cl. The monoisotopic (exact) mass is 403 g/mol. The summed E-state index contributed by atoms with van der Waals surface area (Å²) in [5.74, 6) is -0.0379. The van der Waals surface area contributed by atoms with E-state index in [4.69, 9.17) is 16.3 Å². The summed E-state index contributed by atoms with van der Waals surface area (Å²) in [7, 11) is 1.57. The molecule has 0 radical (unpaired) electrons. The van der Waals surface area contributed by atoms with Gasteiger partial charge in [0.2, 0.25) is 5.91 Å². The molecule has 0 bridgehead atoms. The molecule has 6 nitrogen and oxygen atoms in total. The number of nitrogens with one attached hydrogen (secondary N) is 1. The van der Waals surface area contributed by atoms with Crippen molar-refractivity contribution >= 4 is 40.2 Å². The number of aromatic nitrogens is 2. The number of methoxy groups -OCH3 is 1. The molecule has 0 aliphatic carbocycles. The summed E-state index contributed by atoms with van der Waals surface area (Å²) in [6.45, 7) is 0.868. The molecular weight excluding hydrogens is 386 g/mol. The van der Waals surface area contributed by atoms with E-state index in [0.717, 1.165) is 0 Å². The van der Waals surface area contributed by atoms with Crippen molar-refractivity contribution in [1.82, 2.24) is 14.9 Å². The van der Waals surface area contributed by atoms with Gasteiger partial charge in [0, 0.05) is 13.7 Å². The summed E-state index contributed by atoms with van der Waals surface area (Å²) in [6, 6.07) is 14.2. The Bertz CT molecular complexity index is 1020. The van der Waals surface area contributed by atoms with E-state index in [-0.39, 0.29) is 17.2 Å². The molecule has 0 saturated heterocycles. The van der Waals surface area contributed by atoms with Crippen LogP contribution in [-0.4, -0.2) is 41.5 Å². The zero-order valence-electron chi connectivity index (χ0n) is 14.6. The first kappa shape index (κ1) is 19.4. The first-order chi connectivity index (χ1) is 13.1. The third-order valence-electron chi connectivity index (χ3n) is 3.80. The molecule has 3 aromatic rings. The molecule has 0 saturated carbocycles. The number of benzene rings is 2. The number of ether oxygens (including phenoxy) is 1. The zero-order chi connectivity index (χ0) is 19.2. The number of carbonyl (C=O) groups excluding carboxylic acids is 1. The molecule has 0 fully saturated rings. The molecule has 0 unspecified atom stereocenters. The number of halogens is 1. The maximum atomic E-state index is 13.1. The van der Waals surface area contributed by atoms with Crippen molar-refractivity contribution in [3.8, 4) is 5.69 Å². The van der Waals surface area contributed by atoms with E-state index >= 15 is 0 Å². The smallest absolute Gasteiger partial charge is 0.266 e. The maximum Gasteiger partial charge on any atom is 0.266 e. The van der Waals surface area contributed by atoms with E-state index in [1.807, 2.05) is 6.07 Å². The summed E-state index contributed by atoms with van der Waals surface area (Å²) >= 11 is 7.50. The predicted molar refractivity (Wildman–Crippen MR) is 108 cm³/mol. The van der Waals surface area contributed by atoms with Gasteiger partial charge in [0.05, 0.1) is 34.0 Å². The standard InChI is InChI=1S/C19H18ClN3O3S/c1-26-11-10-21-17(24)12-27-19-22-15-8-4-2-6-13(15)18(25)23(19)16-9-5-3-7-14(16)20/h2-9H,10-12H2,1H3,(H,21,24). The van der Waals surface area contributed by atoms with Gasteiger partial charge in [-0.3, -0.25) is 14.2 Å². The van der Waals surface area contributed by atoms with Crippen molar-refractivity contribution < 1.29 is 9.53 Å². The summed E-state index contributed by atoms with van der Waals surface area (Å²) in [5.41, 5.74) is 0.883. The van der Waals surface area contributed by atoms with E-state index in [1.165, 1.54) is 16.3 Å². The minimum Gasteiger partial charge on any atom is -0.383 e. The Kier molecular flexibility index (Phi) is 6.49. The van der Waals surface area contributed by atoms with Crippen LogP contribution in [-0.2, 0) is 9.53 Å². The highest BCUT2D eigenvalue weighted by Crippen LogP contribution is 2.25. The lowest BCUT2D eigenvalue weighted by atomic mass is 10.2. The van der Waals surface area contributed by atoms with Gasteiger partial charge in [-0.05, 0) is 24.3 Å². The molecule has 0 spiro atoms. The van der Waals surface area contributed by atoms with Crippen molar-refractivity contribution in [3.63, 3.8) is 0 Å². The van der Waals surface area contributed by atoms with Crippen LogP contribution in [0.25, 0.3) is 16.6 Å². The van der Waals surface area contributed by atoms with Crippen LogP contribution in [0.15, 0.2) is 58.5 Å². The molecule has 3 rings (SSSR count). The third kappa shape index (κ3) is 4.50. The topological polar surface area (TPSA) is 73.2 Å².